The van der Waals surface area contributed by atoms with E-state index in [-0.39, 0.29) is 6.61 Å². The summed E-state index contributed by atoms with van der Waals surface area (Å²) < 4.78 is 1.87. The quantitative estimate of drug-likeness (QED) is 0.745. The molecular formula is C7H11ClN2O. The third kappa shape index (κ3) is 1.73. The maximum absolute atomic E-state index is 8.65. The summed E-state index contributed by atoms with van der Waals surface area (Å²) in [5.41, 5.74) is 0. The summed E-state index contributed by atoms with van der Waals surface area (Å²) in [6.45, 7) is 2.91. The van der Waals surface area contributed by atoms with Gasteiger partial charge in [0, 0.05) is 13.0 Å². The van der Waals surface area contributed by atoms with Crippen LogP contribution in [0.1, 0.15) is 12.7 Å². The second kappa shape index (κ2) is 3.74. The molecule has 0 spiro atoms. The van der Waals surface area contributed by atoms with Crippen LogP contribution in [-0.4, -0.2) is 21.3 Å². The molecule has 0 unspecified atom stereocenters. The Kier molecular flexibility index (Phi) is 2.91. The molecule has 0 fully saturated rings. The first kappa shape index (κ1) is 8.56. The third-order valence-corrected chi connectivity index (χ3v) is 1.84. The molecule has 0 radical (unpaired) electrons. The summed E-state index contributed by atoms with van der Waals surface area (Å²) in [6, 6.07) is 0. The van der Waals surface area contributed by atoms with Crippen LogP contribution in [0, 0.1) is 0 Å². The smallest absolute Gasteiger partial charge is 0.128 e. The van der Waals surface area contributed by atoms with E-state index in [9.17, 15) is 0 Å². The second-order valence-corrected chi connectivity index (χ2v) is 2.60. The summed E-state index contributed by atoms with van der Waals surface area (Å²) in [5.74, 6) is 0.847. The van der Waals surface area contributed by atoms with Crippen LogP contribution in [0.15, 0.2) is 6.20 Å². The predicted molar refractivity (Wildman–Crippen MR) is 43.7 cm³/mol. The molecule has 0 bridgehead atoms. The number of hydrogen-bond acceptors (Lipinski definition) is 2. The number of rotatable bonds is 3. The molecule has 0 aliphatic rings. The molecule has 4 heteroatoms. The number of nitrogens with zero attached hydrogens (tertiary/aromatic N) is 2. The van der Waals surface area contributed by atoms with E-state index in [2.05, 4.69) is 4.98 Å². The minimum absolute atomic E-state index is 0.118. The molecule has 0 aliphatic carbocycles. The number of aromatic nitrogens is 2. The van der Waals surface area contributed by atoms with Crippen molar-refractivity contribution in [2.45, 2.75) is 19.9 Å². The van der Waals surface area contributed by atoms with E-state index in [1.165, 1.54) is 0 Å². The van der Waals surface area contributed by atoms with E-state index >= 15 is 0 Å². The maximum atomic E-state index is 8.65. The van der Waals surface area contributed by atoms with Crippen LogP contribution >= 0.6 is 11.6 Å². The lowest BCUT2D eigenvalue weighted by Gasteiger charge is -2.03. The lowest BCUT2D eigenvalue weighted by atomic mass is 10.4. The molecule has 62 valence electrons. The Morgan fingerprint density at radius 3 is 3.00 bits per heavy atom. The van der Waals surface area contributed by atoms with Crippen LogP contribution in [0.2, 0.25) is 5.15 Å². The molecule has 1 rings (SSSR count). The molecule has 0 amide bonds. The van der Waals surface area contributed by atoms with Crippen molar-refractivity contribution in [1.29, 1.82) is 0 Å². The van der Waals surface area contributed by atoms with Crippen LogP contribution < -0.4 is 0 Å². The fourth-order valence-corrected chi connectivity index (χ4v) is 1.29. The van der Waals surface area contributed by atoms with E-state index in [1.54, 1.807) is 6.20 Å². The van der Waals surface area contributed by atoms with Gasteiger partial charge in [-0.3, -0.25) is 0 Å². The highest BCUT2D eigenvalue weighted by molar-refractivity contribution is 6.29. The predicted octanol–water partition coefficient (Wildman–Crippen LogP) is 1.09. The van der Waals surface area contributed by atoms with Crippen molar-refractivity contribution >= 4 is 11.6 Å². The van der Waals surface area contributed by atoms with Gasteiger partial charge < -0.3 is 9.67 Å². The summed E-state index contributed by atoms with van der Waals surface area (Å²) in [4.78, 5) is 4.05. The number of aliphatic hydroxyl groups is 1. The Morgan fingerprint density at radius 1 is 1.73 bits per heavy atom. The Balaban J connectivity index is 2.86. The van der Waals surface area contributed by atoms with Crippen LogP contribution in [-0.2, 0) is 13.0 Å². The number of halogens is 1. The fraction of sp³-hybridized carbons (Fsp3) is 0.571. The first-order valence-corrected chi connectivity index (χ1v) is 3.98. The first-order chi connectivity index (χ1) is 5.29. The molecule has 0 aliphatic heterocycles. The van der Waals surface area contributed by atoms with Crippen molar-refractivity contribution in [1.82, 2.24) is 9.55 Å². The molecule has 0 saturated carbocycles. The average molecular weight is 175 g/mol. The summed E-state index contributed by atoms with van der Waals surface area (Å²) >= 11 is 5.80. The third-order valence-electron chi connectivity index (χ3n) is 1.54. The second-order valence-electron chi connectivity index (χ2n) is 2.22. The van der Waals surface area contributed by atoms with Gasteiger partial charge in [-0.2, -0.15) is 0 Å². The number of hydrogen-bond donors (Lipinski definition) is 1. The lowest BCUT2D eigenvalue weighted by Crippen LogP contribution is -2.03. The Labute approximate surface area is 70.6 Å². The lowest BCUT2D eigenvalue weighted by molar-refractivity contribution is 0.295. The molecule has 1 heterocycles. The van der Waals surface area contributed by atoms with Crippen molar-refractivity contribution in [3.8, 4) is 0 Å². The van der Waals surface area contributed by atoms with Crippen LogP contribution in [0.4, 0.5) is 0 Å². The normalized spacial score (nSPS) is 10.5. The van der Waals surface area contributed by atoms with E-state index in [0.29, 0.717) is 11.6 Å². The van der Waals surface area contributed by atoms with Gasteiger partial charge in [0.1, 0.15) is 11.0 Å². The maximum Gasteiger partial charge on any atom is 0.128 e. The highest BCUT2D eigenvalue weighted by atomic mass is 35.5. The zero-order valence-corrected chi connectivity index (χ0v) is 7.17. The van der Waals surface area contributed by atoms with Gasteiger partial charge in [-0.1, -0.05) is 11.6 Å². The van der Waals surface area contributed by atoms with E-state index < -0.39 is 0 Å². The van der Waals surface area contributed by atoms with E-state index in [0.717, 1.165) is 12.4 Å². The molecule has 0 saturated heterocycles. The molecule has 1 aromatic heterocycles. The molecular weight excluding hydrogens is 164 g/mol. The fourth-order valence-electron chi connectivity index (χ4n) is 1.02. The Hall–Kier alpha value is -0.540. The van der Waals surface area contributed by atoms with Gasteiger partial charge in [0.15, 0.2) is 0 Å². The van der Waals surface area contributed by atoms with Crippen molar-refractivity contribution in [3.05, 3.63) is 17.2 Å². The highest BCUT2D eigenvalue weighted by Gasteiger charge is 2.04. The number of imidazole rings is 1. The first-order valence-electron chi connectivity index (χ1n) is 3.60. The Bertz CT molecular complexity index is 234. The monoisotopic (exact) mass is 174 g/mol. The SMILES string of the molecule is CCn1c(Cl)cnc1CCO. The zero-order chi connectivity index (χ0) is 8.27. The van der Waals surface area contributed by atoms with E-state index in [1.807, 2.05) is 11.5 Å². The molecule has 3 nitrogen and oxygen atoms in total. The molecule has 0 aromatic carbocycles. The van der Waals surface area contributed by atoms with Gasteiger partial charge in [-0.15, -0.1) is 0 Å². The van der Waals surface area contributed by atoms with Gasteiger partial charge in [0.2, 0.25) is 0 Å². The zero-order valence-electron chi connectivity index (χ0n) is 6.42. The van der Waals surface area contributed by atoms with Crippen molar-refractivity contribution in [2.24, 2.45) is 0 Å². The molecule has 1 N–H and O–H groups in total. The summed E-state index contributed by atoms with van der Waals surface area (Å²) in [7, 11) is 0. The summed E-state index contributed by atoms with van der Waals surface area (Å²) in [5, 5.41) is 9.29. The van der Waals surface area contributed by atoms with Crippen molar-refractivity contribution in [3.63, 3.8) is 0 Å². The average Bonchev–Trinajstić information content (AvgIpc) is 2.33. The minimum atomic E-state index is 0.118. The minimum Gasteiger partial charge on any atom is -0.396 e. The van der Waals surface area contributed by atoms with E-state index in [4.69, 9.17) is 16.7 Å². The molecule has 0 atom stereocenters. The van der Waals surface area contributed by atoms with Crippen molar-refractivity contribution in [2.75, 3.05) is 6.61 Å². The van der Waals surface area contributed by atoms with Crippen LogP contribution in [0.25, 0.3) is 0 Å². The van der Waals surface area contributed by atoms with Gasteiger partial charge in [-0.25, -0.2) is 4.98 Å². The van der Waals surface area contributed by atoms with Gasteiger partial charge in [-0.05, 0) is 6.92 Å². The van der Waals surface area contributed by atoms with Crippen LogP contribution in [0.5, 0.6) is 0 Å². The standard InChI is InChI=1S/C7H11ClN2O/c1-2-10-6(8)5-9-7(10)3-4-11/h5,11H,2-4H2,1H3. The Morgan fingerprint density at radius 2 is 2.45 bits per heavy atom. The van der Waals surface area contributed by atoms with Crippen molar-refractivity contribution < 1.29 is 5.11 Å². The number of aliphatic hydroxyl groups excluding tert-OH is 1. The highest BCUT2D eigenvalue weighted by Crippen LogP contribution is 2.11. The van der Waals surface area contributed by atoms with Gasteiger partial charge in [0.25, 0.3) is 0 Å². The summed E-state index contributed by atoms with van der Waals surface area (Å²) in [6.07, 6.45) is 2.18. The largest absolute Gasteiger partial charge is 0.396 e. The van der Waals surface area contributed by atoms with Crippen LogP contribution in [0.3, 0.4) is 0 Å². The van der Waals surface area contributed by atoms with Gasteiger partial charge >= 0.3 is 0 Å². The molecule has 1 aromatic rings. The van der Waals surface area contributed by atoms with Gasteiger partial charge in [0.05, 0.1) is 12.8 Å². The molecule has 11 heavy (non-hydrogen) atoms. The topological polar surface area (TPSA) is 38.0 Å².